The highest BCUT2D eigenvalue weighted by Gasteiger charge is 2.15. The minimum Gasteiger partial charge on any atom is -0.550 e. The summed E-state index contributed by atoms with van der Waals surface area (Å²) in [6.07, 6.45) is 4.51. The summed E-state index contributed by atoms with van der Waals surface area (Å²) < 4.78 is 0. The molecule has 1 heterocycles. The molecule has 2 nitrogen and oxygen atoms in total. The van der Waals surface area contributed by atoms with E-state index < -0.39 is 5.97 Å². The SMILES string of the molecule is O=C([O-])CCCC[C@H]1CCSS1. The predicted octanol–water partition coefficient (Wildman–Crippen LogP) is 1.45. The second-order valence-corrected chi connectivity index (χ2v) is 5.73. The van der Waals surface area contributed by atoms with Gasteiger partial charge in [0.25, 0.3) is 0 Å². The monoisotopic (exact) mass is 205 g/mol. The van der Waals surface area contributed by atoms with Crippen molar-refractivity contribution < 1.29 is 9.90 Å². The Morgan fingerprint density at radius 2 is 2.33 bits per heavy atom. The van der Waals surface area contributed by atoms with Crippen molar-refractivity contribution in [2.75, 3.05) is 5.75 Å². The molecule has 0 bridgehead atoms. The van der Waals surface area contributed by atoms with E-state index in [1.807, 2.05) is 21.6 Å². The summed E-state index contributed by atoms with van der Waals surface area (Å²) in [5, 5.41) is 10.8. The van der Waals surface area contributed by atoms with Gasteiger partial charge in [-0.15, -0.1) is 0 Å². The molecule has 4 heteroatoms. The van der Waals surface area contributed by atoms with E-state index in [1.165, 1.54) is 18.6 Å². The molecule has 0 amide bonds. The third-order valence-corrected chi connectivity index (χ3v) is 4.89. The third kappa shape index (κ3) is 4.26. The molecule has 70 valence electrons. The number of carboxylic acids is 1. The fourth-order valence-electron chi connectivity index (χ4n) is 1.21. The normalized spacial score (nSPS) is 22.8. The Labute approximate surface area is 80.9 Å². The molecule has 1 aliphatic rings. The zero-order valence-corrected chi connectivity index (χ0v) is 8.59. The third-order valence-electron chi connectivity index (χ3n) is 1.88. The number of carbonyl (C=O) groups is 1. The second-order valence-electron chi connectivity index (χ2n) is 2.95. The maximum absolute atomic E-state index is 10.1. The highest BCUT2D eigenvalue weighted by atomic mass is 33.1. The highest BCUT2D eigenvalue weighted by molar-refractivity contribution is 8.77. The van der Waals surface area contributed by atoms with Gasteiger partial charge < -0.3 is 9.90 Å². The predicted molar refractivity (Wildman–Crippen MR) is 51.9 cm³/mol. The van der Waals surface area contributed by atoms with Crippen LogP contribution < -0.4 is 5.11 Å². The van der Waals surface area contributed by atoms with Crippen molar-refractivity contribution in [3.05, 3.63) is 0 Å². The number of aliphatic carboxylic acids is 1. The number of hydrogen-bond donors (Lipinski definition) is 0. The van der Waals surface area contributed by atoms with E-state index in [1.54, 1.807) is 0 Å². The molecule has 0 N–H and O–H groups in total. The first-order valence-corrected chi connectivity index (χ1v) is 6.65. The first kappa shape index (κ1) is 10.3. The first-order chi connectivity index (χ1) is 5.79. The molecule has 0 spiro atoms. The van der Waals surface area contributed by atoms with E-state index in [-0.39, 0.29) is 6.42 Å². The van der Waals surface area contributed by atoms with Crippen molar-refractivity contribution in [2.45, 2.75) is 37.4 Å². The Hall–Kier alpha value is 0.170. The van der Waals surface area contributed by atoms with E-state index in [0.29, 0.717) is 0 Å². The van der Waals surface area contributed by atoms with E-state index in [9.17, 15) is 9.90 Å². The molecule has 0 saturated carbocycles. The van der Waals surface area contributed by atoms with Crippen molar-refractivity contribution in [1.82, 2.24) is 0 Å². The zero-order chi connectivity index (χ0) is 8.81. The molecule has 0 aromatic carbocycles. The minimum absolute atomic E-state index is 0.227. The topological polar surface area (TPSA) is 40.1 Å². The number of hydrogen-bond acceptors (Lipinski definition) is 4. The highest BCUT2D eigenvalue weighted by Crippen LogP contribution is 2.39. The summed E-state index contributed by atoms with van der Waals surface area (Å²) >= 11 is 0. The van der Waals surface area contributed by atoms with Crippen molar-refractivity contribution in [3.63, 3.8) is 0 Å². The van der Waals surface area contributed by atoms with E-state index in [0.717, 1.165) is 18.1 Å². The summed E-state index contributed by atoms with van der Waals surface area (Å²) in [5.74, 6) is 0.346. The van der Waals surface area contributed by atoms with Gasteiger partial charge in [0, 0.05) is 17.0 Å². The molecule has 12 heavy (non-hydrogen) atoms. The summed E-state index contributed by atoms with van der Waals surface area (Å²) in [4.78, 5) is 10.1. The molecular formula is C8H13O2S2-. The van der Waals surface area contributed by atoms with E-state index in [2.05, 4.69) is 0 Å². The van der Waals surface area contributed by atoms with Crippen LogP contribution in [0.25, 0.3) is 0 Å². The lowest BCUT2D eigenvalue weighted by atomic mass is 10.1. The standard InChI is InChI=1S/C8H14O2S2/c9-8(10)4-2-1-3-7-5-6-11-12-7/h7H,1-6H2,(H,9,10)/p-1/t7-/m0/s1. The second kappa shape index (κ2) is 5.75. The summed E-state index contributed by atoms with van der Waals surface area (Å²) in [6, 6.07) is 0. The van der Waals surface area contributed by atoms with Gasteiger partial charge in [-0.3, -0.25) is 0 Å². The van der Waals surface area contributed by atoms with Gasteiger partial charge in [0.05, 0.1) is 0 Å². The van der Waals surface area contributed by atoms with Gasteiger partial charge >= 0.3 is 0 Å². The lowest BCUT2D eigenvalue weighted by molar-refractivity contribution is -0.305. The molecule has 0 aliphatic carbocycles. The van der Waals surface area contributed by atoms with Crippen LogP contribution >= 0.6 is 21.6 Å². The molecule has 1 saturated heterocycles. The average Bonchev–Trinajstić information content (AvgIpc) is 2.49. The quantitative estimate of drug-likeness (QED) is 0.503. The lowest BCUT2D eigenvalue weighted by Gasteiger charge is -2.06. The van der Waals surface area contributed by atoms with Gasteiger partial charge in [-0.05, 0) is 25.7 Å². The van der Waals surface area contributed by atoms with Crippen LogP contribution in [0.4, 0.5) is 0 Å². The minimum atomic E-state index is -0.913. The fourth-order valence-corrected chi connectivity index (χ4v) is 4.23. The molecule has 1 fully saturated rings. The molecule has 0 unspecified atom stereocenters. The van der Waals surface area contributed by atoms with Crippen molar-refractivity contribution >= 4 is 27.6 Å². The van der Waals surface area contributed by atoms with Crippen LogP contribution in [0.1, 0.15) is 32.1 Å². The van der Waals surface area contributed by atoms with E-state index >= 15 is 0 Å². The van der Waals surface area contributed by atoms with Crippen LogP contribution in [0.3, 0.4) is 0 Å². The average molecular weight is 205 g/mol. The largest absolute Gasteiger partial charge is 0.550 e. The van der Waals surface area contributed by atoms with Crippen molar-refractivity contribution in [2.24, 2.45) is 0 Å². The fraction of sp³-hybridized carbons (Fsp3) is 0.875. The Morgan fingerprint density at radius 3 is 2.92 bits per heavy atom. The van der Waals surface area contributed by atoms with Crippen molar-refractivity contribution in [1.29, 1.82) is 0 Å². The molecule has 1 aliphatic heterocycles. The molecular weight excluding hydrogens is 192 g/mol. The van der Waals surface area contributed by atoms with Gasteiger partial charge in [-0.1, -0.05) is 28.0 Å². The number of carbonyl (C=O) groups excluding carboxylic acids is 1. The lowest BCUT2D eigenvalue weighted by Crippen LogP contribution is -2.21. The van der Waals surface area contributed by atoms with Crippen molar-refractivity contribution in [3.8, 4) is 0 Å². The van der Waals surface area contributed by atoms with Gasteiger partial charge in [-0.2, -0.15) is 0 Å². The van der Waals surface area contributed by atoms with Crippen LogP contribution in [-0.2, 0) is 4.79 Å². The number of carboxylic acid groups (broad SMARTS) is 1. The molecule has 0 aromatic heterocycles. The Kier molecular flexibility index (Phi) is 4.92. The Morgan fingerprint density at radius 1 is 1.50 bits per heavy atom. The maximum Gasteiger partial charge on any atom is 0.0414 e. The zero-order valence-electron chi connectivity index (χ0n) is 6.95. The summed E-state index contributed by atoms with van der Waals surface area (Å²) in [6.45, 7) is 0. The van der Waals surface area contributed by atoms with Gasteiger partial charge in [0.15, 0.2) is 0 Å². The summed E-state index contributed by atoms with van der Waals surface area (Å²) in [5.41, 5.74) is 0. The van der Waals surface area contributed by atoms with E-state index in [4.69, 9.17) is 0 Å². The van der Waals surface area contributed by atoms with Crippen LogP contribution in [0.15, 0.2) is 0 Å². The van der Waals surface area contributed by atoms with Crippen LogP contribution in [0.5, 0.6) is 0 Å². The first-order valence-electron chi connectivity index (χ1n) is 4.27. The smallest absolute Gasteiger partial charge is 0.0414 e. The molecule has 0 aromatic rings. The van der Waals surface area contributed by atoms with Crippen LogP contribution in [0.2, 0.25) is 0 Å². The van der Waals surface area contributed by atoms with Gasteiger partial charge in [0.2, 0.25) is 0 Å². The molecule has 0 radical (unpaired) electrons. The molecule has 1 rings (SSSR count). The Balaban J connectivity index is 1.91. The summed E-state index contributed by atoms with van der Waals surface area (Å²) in [7, 11) is 3.89. The number of rotatable bonds is 5. The van der Waals surface area contributed by atoms with Gasteiger partial charge in [0.1, 0.15) is 0 Å². The molecule has 1 atom stereocenters. The Bertz CT molecular complexity index is 144. The maximum atomic E-state index is 10.1. The number of unbranched alkanes of at least 4 members (excludes halogenated alkanes) is 1. The van der Waals surface area contributed by atoms with Crippen LogP contribution in [0, 0.1) is 0 Å². The van der Waals surface area contributed by atoms with Gasteiger partial charge in [-0.25, -0.2) is 0 Å². The van der Waals surface area contributed by atoms with Crippen LogP contribution in [-0.4, -0.2) is 17.0 Å².